The Hall–Kier alpha value is -2.80. The van der Waals surface area contributed by atoms with Crippen molar-refractivity contribution in [2.45, 2.75) is 6.54 Å². The van der Waals surface area contributed by atoms with E-state index in [1.165, 1.54) is 6.07 Å². The van der Waals surface area contributed by atoms with Crippen LogP contribution in [-0.2, 0) is 6.54 Å². The molecule has 0 aliphatic carbocycles. The van der Waals surface area contributed by atoms with Gasteiger partial charge in [0.05, 0.1) is 17.3 Å². The van der Waals surface area contributed by atoms with E-state index in [4.69, 9.17) is 11.0 Å². The van der Waals surface area contributed by atoms with Crippen molar-refractivity contribution in [2.75, 3.05) is 5.73 Å². The topological polar surface area (TPSA) is 54.7 Å². The fourth-order valence-electron chi connectivity index (χ4n) is 2.27. The maximum absolute atomic E-state index is 13.5. The largest absolute Gasteiger partial charge is 0.396 e. The molecule has 0 unspecified atom stereocenters. The number of fused-ring (bicyclic) bond motifs is 1. The molecule has 0 bridgehead atoms. The van der Waals surface area contributed by atoms with E-state index in [0.717, 1.165) is 16.5 Å². The molecule has 20 heavy (non-hydrogen) atoms. The van der Waals surface area contributed by atoms with E-state index in [1.54, 1.807) is 12.1 Å². The van der Waals surface area contributed by atoms with Crippen molar-refractivity contribution in [3.63, 3.8) is 0 Å². The molecule has 0 atom stereocenters. The molecule has 0 aliphatic heterocycles. The number of nitriles is 1. The third-order valence-corrected chi connectivity index (χ3v) is 3.32. The second-order valence-electron chi connectivity index (χ2n) is 4.68. The Morgan fingerprint density at radius 1 is 1.15 bits per heavy atom. The summed E-state index contributed by atoms with van der Waals surface area (Å²) >= 11 is 0. The van der Waals surface area contributed by atoms with Crippen LogP contribution in [0, 0.1) is 17.1 Å². The molecule has 0 amide bonds. The zero-order valence-corrected chi connectivity index (χ0v) is 10.7. The number of aromatic nitrogens is 1. The van der Waals surface area contributed by atoms with Gasteiger partial charge in [-0.25, -0.2) is 4.39 Å². The summed E-state index contributed by atoms with van der Waals surface area (Å²) in [7, 11) is 0. The van der Waals surface area contributed by atoms with Gasteiger partial charge in [0.15, 0.2) is 0 Å². The summed E-state index contributed by atoms with van der Waals surface area (Å²) in [5, 5.41) is 9.89. The first-order valence-corrected chi connectivity index (χ1v) is 6.20. The number of rotatable bonds is 2. The molecule has 1 heterocycles. The van der Waals surface area contributed by atoms with E-state index >= 15 is 0 Å². The van der Waals surface area contributed by atoms with Gasteiger partial charge in [0.2, 0.25) is 0 Å². The van der Waals surface area contributed by atoms with Gasteiger partial charge in [-0.05, 0) is 42.0 Å². The monoisotopic (exact) mass is 265 g/mol. The third kappa shape index (κ3) is 2.10. The lowest BCUT2D eigenvalue weighted by Gasteiger charge is -2.07. The first kappa shape index (κ1) is 12.2. The molecule has 0 spiro atoms. The number of hydrogen-bond acceptors (Lipinski definition) is 2. The van der Waals surface area contributed by atoms with E-state index in [2.05, 4.69) is 6.07 Å². The van der Waals surface area contributed by atoms with Crippen molar-refractivity contribution in [2.24, 2.45) is 0 Å². The molecule has 3 aromatic rings. The van der Waals surface area contributed by atoms with Gasteiger partial charge in [-0.15, -0.1) is 0 Å². The van der Waals surface area contributed by atoms with Crippen LogP contribution in [-0.4, -0.2) is 4.57 Å². The Balaban J connectivity index is 1.98. The van der Waals surface area contributed by atoms with Crippen LogP contribution in [0.2, 0.25) is 0 Å². The lowest BCUT2D eigenvalue weighted by atomic mass is 10.1. The summed E-state index contributed by atoms with van der Waals surface area (Å²) in [5.74, 6) is -0.397. The standard InChI is InChI=1S/C16H12FN3/c17-14-8-12(1-3-15(14)19)10-20-6-5-13-7-11(9-18)2-4-16(13)20/h1-8H,10,19H2. The summed E-state index contributed by atoms with van der Waals surface area (Å²) in [6.45, 7) is 0.562. The van der Waals surface area contributed by atoms with Gasteiger partial charge in [0.25, 0.3) is 0 Å². The Labute approximate surface area is 115 Å². The molecule has 98 valence electrons. The molecule has 3 nitrogen and oxygen atoms in total. The molecule has 4 heteroatoms. The van der Waals surface area contributed by atoms with Crippen molar-refractivity contribution in [1.82, 2.24) is 4.57 Å². The predicted molar refractivity (Wildman–Crippen MR) is 76.6 cm³/mol. The molecule has 0 aliphatic rings. The quantitative estimate of drug-likeness (QED) is 0.723. The minimum Gasteiger partial charge on any atom is -0.396 e. The van der Waals surface area contributed by atoms with Crippen molar-refractivity contribution in [3.05, 3.63) is 65.6 Å². The lowest BCUT2D eigenvalue weighted by Crippen LogP contribution is -1.99. The van der Waals surface area contributed by atoms with Crippen LogP contribution >= 0.6 is 0 Å². The normalized spacial score (nSPS) is 10.6. The fourth-order valence-corrected chi connectivity index (χ4v) is 2.27. The van der Waals surface area contributed by atoms with E-state index in [9.17, 15) is 4.39 Å². The van der Waals surface area contributed by atoms with E-state index in [1.807, 2.05) is 35.0 Å². The highest BCUT2D eigenvalue weighted by molar-refractivity contribution is 5.81. The van der Waals surface area contributed by atoms with Gasteiger partial charge in [0.1, 0.15) is 5.82 Å². The molecule has 0 saturated heterocycles. The Morgan fingerprint density at radius 2 is 2.00 bits per heavy atom. The zero-order valence-electron chi connectivity index (χ0n) is 10.7. The van der Waals surface area contributed by atoms with Crippen LogP contribution < -0.4 is 5.73 Å². The van der Waals surface area contributed by atoms with E-state index in [0.29, 0.717) is 12.1 Å². The molecule has 0 fully saturated rings. The van der Waals surface area contributed by atoms with Gasteiger partial charge in [-0.1, -0.05) is 6.07 Å². The molecule has 3 rings (SSSR count). The summed E-state index contributed by atoms with van der Waals surface area (Å²) in [6, 6.07) is 14.4. The molecule has 0 radical (unpaired) electrons. The number of hydrogen-bond donors (Lipinski definition) is 1. The summed E-state index contributed by atoms with van der Waals surface area (Å²) in [4.78, 5) is 0. The summed E-state index contributed by atoms with van der Waals surface area (Å²) in [5.41, 5.74) is 8.12. The van der Waals surface area contributed by atoms with E-state index in [-0.39, 0.29) is 5.69 Å². The van der Waals surface area contributed by atoms with Crippen molar-refractivity contribution in [1.29, 1.82) is 5.26 Å². The maximum atomic E-state index is 13.5. The van der Waals surface area contributed by atoms with Crippen LogP contribution in [0.4, 0.5) is 10.1 Å². The number of benzene rings is 2. The van der Waals surface area contributed by atoms with Gasteiger partial charge >= 0.3 is 0 Å². The SMILES string of the molecule is N#Cc1ccc2c(ccn2Cc2ccc(N)c(F)c2)c1. The highest BCUT2D eigenvalue weighted by atomic mass is 19.1. The highest BCUT2D eigenvalue weighted by Crippen LogP contribution is 2.20. The molecule has 2 aromatic carbocycles. The molecular formula is C16H12FN3. The highest BCUT2D eigenvalue weighted by Gasteiger charge is 2.05. The van der Waals surface area contributed by atoms with Crippen LogP contribution in [0.25, 0.3) is 10.9 Å². The third-order valence-electron chi connectivity index (χ3n) is 3.32. The Bertz CT molecular complexity index is 827. The zero-order chi connectivity index (χ0) is 14.1. The van der Waals surface area contributed by atoms with Crippen LogP contribution in [0.5, 0.6) is 0 Å². The molecule has 2 N–H and O–H groups in total. The summed E-state index contributed by atoms with van der Waals surface area (Å²) in [6.07, 6.45) is 1.93. The van der Waals surface area contributed by atoms with Crippen LogP contribution in [0.15, 0.2) is 48.7 Å². The van der Waals surface area contributed by atoms with Crippen molar-refractivity contribution >= 4 is 16.6 Å². The van der Waals surface area contributed by atoms with Gasteiger partial charge in [-0.2, -0.15) is 5.26 Å². The Kier molecular flexibility index (Phi) is 2.88. The molecular weight excluding hydrogens is 253 g/mol. The van der Waals surface area contributed by atoms with Crippen LogP contribution in [0.1, 0.15) is 11.1 Å². The maximum Gasteiger partial charge on any atom is 0.146 e. The second kappa shape index (κ2) is 4.71. The molecule has 0 saturated carbocycles. The number of anilines is 1. The summed E-state index contributed by atoms with van der Waals surface area (Å²) < 4.78 is 15.5. The van der Waals surface area contributed by atoms with Gasteiger partial charge < -0.3 is 10.3 Å². The van der Waals surface area contributed by atoms with Gasteiger partial charge in [0, 0.05) is 23.6 Å². The predicted octanol–water partition coefficient (Wildman–Crippen LogP) is 3.28. The number of nitrogen functional groups attached to an aromatic ring is 1. The smallest absolute Gasteiger partial charge is 0.146 e. The fraction of sp³-hybridized carbons (Fsp3) is 0.0625. The minimum atomic E-state index is -0.397. The lowest BCUT2D eigenvalue weighted by molar-refractivity contribution is 0.628. The van der Waals surface area contributed by atoms with E-state index < -0.39 is 5.82 Å². The average molecular weight is 265 g/mol. The number of nitrogens with two attached hydrogens (primary N) is 1. The number of nitrogens with zero attached hydrogens (tertiary/aromatic N) is 2. The molecule has 1 aromatic heterocycles. The van der Waals surface area contributed by atoms with Crippen molar-refractivity contribution < 1.29 is 4.39 Å². The first-order chi connectivity index (χ1) is 9.67. The number of halogens is 1. The van der Waals surface area contributed by atoms with Gasteiger partial charge in [-0.3, -0.25) is 0 Å². The van der Waals surface area contributed by atoms with Crippen molar-refractivity contribution in [3.8, 4) is 6.07 Å². The van der Waals surface area contributed by atoms with Crippen LogP contribution in [0.3, 0.4) is 0 Å². The Morgan fingerprint density at radius 3 is 2.75 bits per heavy atom. The average Bonchev–Trinajstić information content (AvgIpc) is 2.85. The second-order valence-corrected chi connectivity index (χ2v) is 4.68. The first-order valence-electron chi connectivity index (χ1n) is 6.20. The minimum absolute atomic E-state index is 0.157.